The van der Waals surface area contributed by atoms with Crippen molar-refractivity contribution in [2.24, 2.45) is 61.9 Å². The summed E-state index contributed by atoms with van der Waals surface area (Å²) < 4.78 is 6.25. The van der Waals surface area contributed by atoms with E-state index in [4.69, 9.17) is 22.1 Å². The molecule has 0 aromatic heterocycles. The monoisotopic (exact) mass is 778 g/mol. The molecule has 1 aromatic rings. The number of Topliss-reactive ketones (excluding diaryl/α,β-unsaturated/α-hetero) is 1. The highest BCUT2D eigenvalue weighted by Gasteiger charge is 2.70. The number of benzene rings is 1. The molecule has 0 spiro atoms. The second-order valence-corrected chi connectivity index (χ2v) is 21.8. The van der Waals surface area contributed by atoms with Crippen LogP contribution in [0, 0.1) is 56.2 Å². The summed E-state index contributed by atoms with van der Waals surface area (Å²) in [5.74, 6) is 1.25. The Labute approximate surface area is 337 Å². The molecule has 5 aliphatic rings. The number of esters is 1. The molecule has 3 N–H and O–H groups in total. The van der Waals surface area contributed by atoms with E-state index in [2.05, 4.69) is 84.9 Å². The highest BCUT2D eigenvalue weighted by Crippen LogP contribution is 2.77. The summed E-state index contributed by atoms with van der Waals surface area (Å²) in [6.07, 6.45) is 10.2. The van der Waals surface area contributed by atoms with E-state index in [0.29, 0.717) is 30.0 Å². The van der Waals surface area contributed by atoms with Crippen LogP contribution in [0.1, 0.15) is 144 Å². The van der Waals surface area contributed by atoms with Crippen LogP contribution in [0.5, 0.6) is 0 Å². The Kier molecular flexibility index (Phi) is 11.5. The first-order valence-electron chi connectivity index (χ1n) is 21.4. The number of carbonyl (C=O) groups is 3. The van der Waals surface area contributed by atoms with Gasteiger partial charge in [0.1, 0.15) is 6.10 Å². The van der Waals surface area contributed by atoms with Gasteiger partial charge in [0.05, 0.1) is 11.8 Å². The zero-order valence-corrected chi connectivity index (χ0v) is 36.8. The zero-order chi connectivity index (χ0) is 40.5. The van der Waals surface area contributed by atoms with Gasteiger partial charge in [0, 0.05) is 35.4 Å². The SMILES string of the molecule is CC(C)C1=C2C3CCC4C5(C)CCC(OC(=O)CC(C)(C)C(N)=O)C(C)(C)C5CCC4(C)C3(C)CCC2(CCNCc2ccc(Cl)cc2CN(C)C)CC1=O. The molecular formula is C47H72ClN3O4. The third kappa shape index (κ3) is 7.17. The standard InChI is InChI=1S/C47H72ClN3O4/c1-29(2)39-34(52)25-47(22-23-50-27-30-12-13-32(48)24-31(30)28-51(10)11)21-20-45(8)33(40(39)47)14-15-36-44(7)18-17-37(55-38(53)26-42(3,4)41(49)54)43(5,6)35(44)16-19-46(36,45)9/h12-13,24,29,33,35-37,50H,14-23,25-28H2,1-11H3,(H2,49,54). The molecule has 5 aliphatic carbocycles. The van der Waals surface area contributed by atoms with Crippen molar-refractivity contribution in [3.05, 3.63) is 45.5 Å². The van der Waals surface area contributed by atoms with Gasteiger partial charge in [-0.1, -0.05) is 85.6 Å². The van der Waals surface area contributed by atoms with Crippen molar-refractivity contribution in [1.82, 2.24) is 10.2 Å². The van der Waals surface area contributed by atoms with E-state index < -0.39 is 11.3 Å². The Hall–Kier alpha value is -2.22. The fraction of sp³-hybridized carbons (Fsp3) is 0.766. The number of ether oxygens (including phenoxy) is 1. The summed E-state index contributed by atoms with van der Waals surface area (Å²) in [5, 5.41) is 4.58. The first-order valence-corrected chi connectivity index (χ1v) is 21.8. The second kappa shape index (κ2) is 14.9. The molecule has 55 heavy (non-hydrogen) atoms. The normalized spacial score (nSPS) is 35.6. The van der Waals surface area contributed by atoms with Gasteiger partial charge < -0.3 is 20.7 Å². The van der Waals surface area contributed by atoms with Gasteiger partial charge >= 0.3 is 5.97 Å². The number of hydrogen-bond donors (Lipinski definition) is 2. The Balaban J connectivity index is 1.22. The molecule has 306 valence electrons. The van der Waals surface area contributed by atoms with Crippen LogP contribution < -0.4 is 11.1 Å². The molecule has 0 aliphatic heterocycles. The Morgan fingerprint density at radius 1 is 0.964 bits per heavy atom. The highest BCUT2D eigenvalue weighted by atomic mass is 35.5. The van der Waals surface area contributed by atoms with Crippen LogP contribution in [0.2, 0.25) is 5.02 Å². The lowest BCUT2D eigenvalue weighted by Crippen LogP contribution is -2.65. The zero-order valence-electron chi connectivity index (χ0n) is 36.1. The molecule has 8 unspecified atom stereocenters. The van der Waals surface area contributed by atoms with Crippen molar-refractivity contribution >= 4 is 29.3 Å². The second-order valence-electron chi connectivity index (χ2n) is 21.3. The number of hydrogen-bond acceptors (Lipinski definition) is 6. The smallest absolute Gasteiger partial charge is 0.307 e. The van der Waals surface area contributed by atoms with Gasteiger partial charge in [-0.3, -0.25) is 14.4 Å². The maximum atomic E-state index is 14.1. The molecule has 4 fully saturated rings. The molecule has 8 heteroatoms. The van der Waals surface area contributed by atoms with Crippen molar-refractivity contribution in [1.29, 1.82) is 0 Å². The van der Waals surface area contributed by atoms with Crippen molar-refractivity contribution in [3.8, 4) is 0 Å². The van der Waals surface area contributed by atoms with Crippen LogP contribution in [0.25, 0.3) is 0 Å². The number of fused-ring (bicyclic) bond motifs is 7. The maximum Gasteiger partial charge on any atom is 0.307 e. The first-order chi connectivity index (χ1) is 25.5. The Morgan fingerprint density at radius 2 is 1.67 bits per heavy atom. The van der Waals surface area contributed by atoms with Crippen molar-refractivity contribution in [2.45, 2.75) is 152 Å². The number of nitrogens with two attached hydrogens (primary N) is 1. The number of ketones is 1. The third-order valence-corrected chi connectivity index (χ3v) is 17.0. The summed E-state index contributed by atoms with van der Waals surface area (Å²) in [5.41, 5.74) is 10.1. The first kappa shape index (κ1) is 42.4. The summed E-state index contributed by atoms with van der Waals surface area (Å²) in [7, 11) is 4.18. The lowest BCUT2D eigenvalue weighted by molar-refractivity contribution is -0.233. The molecule has 0 saturated heterocycles. The summed E-state index contributed by atoms with van der Waals surface area (Å²) in [4.78, 5) is 41.5. The van der Waals surface area contributed by atoms with Crippen LogP contribution in [0.4, 0.5) is 0 Å². The molecule has 0 bridgehead atoms. The fourth-order valence-electron chi connectivity index (χ4n) is 13.7. The quantitative estimate of drug-likeness (QED) is 0.162. The molecular weight excluding hydrogens is 706 g/mol. The van der Waals surface area contributed by atoms with E-state index in [1.54, 1.807) is 19.4 Å². The number of amides is 1. The van der Waals surface area contributed by atoms with Crippen LogP contribution in [0.3, 0.4) is 0 Å². The minimum Gasteiger partial charge on any atom is -0.462 e. The molecule has 6 rings (SSSR count). The number of allylic oxidation sites excluding steroid dienone is 2. The topological polar surface area (TPSA) is 102 Å². The highest BCUT2D eigenvalue weighted by molar-refractivity contribution is 6.30. The number of carbonyl (C=O) groups excluding carboxylic acids is 3. The number of primary amides is 1. The average molecular weight is 779 g/mol. The average Bonchev–Trinajstić information content (AvgIpc) is 3.37. The van der Waals surface area contributed by atoms with Crippen LogP contribution in [-0.4, -0.2) is 49.3 Å². The van der Waals surface area contributed by atoms with E-state index in [1.165, 1.54) is 17.5 Å². The predicted octanol–water partition coefficient (Wildman–Crippen LogP) is 9.68. The minimum atomic E-state index is -0.929. The van der Waals surface area contributed by atoms with E-state index in [0.717, 1.165) is 81.6 Å². The van der Waals surface area contributed by atoms with Crippen LogP contribution in [-0.2, 0) is 32.2 Å². The summed E-state index contributed by atoms with van der Waals surface area (Å²) in [6.45, 7) is 22.9. The number of halogens is 1. The molecule has 1 amide bonds. The van der Waals surface area contributed by atoms with E-state index >= 15 is 0 Å². The van der Waals surface area contributed by atoms with Gasteiger partial charge in [0.2, 0.25) is 5.91 Å². The minimum absolute atomic E-state index is 0.00557. The maximum absolute atomic E-state index is 14.1. The lowest BCUT2D eigenvalue weighted by atomic mass is 9.33. The van der Waals surface area contributed by atoms with Gasteiger partial charge in [0.15, 0.2) is 5.78 Å². The number of rotatable bonds is 12. The van der Waals surface area contributed by atoms with Gasteiger partial charge in [0.25, 0.3) is 0 Å². The van der Waals surface area contributed by atoms with E-state index in [1.807, 2.05) is 6.07 Å². The molecule has 4 saturated carbocycles. The van der Waals surface area contributed by atoms with Gasteiger partial charge in [-0.05, 0) is 147 Å². The largest absolute Gasteiger partial charge is 0.462 e. The van der Waals surface area contributed by atoms with Crippen molar-refractivity contribution < 1.29 is 19.1 Å². The fourth-order valence-corrected chi connectivity index (χ4v) is 13.9. The summed E-state index contributed by atoms with van der Waals surface area (Å²) in [6, 6.07) is 6.24. The van der Waals surface area contributed by atoms with Crippen molar-refractivity contribution in [2.75, 3.05) is 20.6 Å². The molecule has 0 heterocycles. The predicted molar refractivity (Wildman–Crippen MR) is 222 cm³/mol. The molecule has 7 nitrogen and oxygen atoms in total. The molecule has 1 aromatic carbocycles. The van der Waals surface area contributed by atoms with Gasteiger partial charge in [-0.2, -0.15) is 0 Å². The van der Waals surface area contributed by atoms with Crippen LogP contribution >= 0.6 is 11.6 Å². The molecule has 0 radical (unpaired) electrons. The van der Waals surface area contributed by atoms with Crippen LogP contribution in [0.15, 0.2) is 29.3 Å². The van der Waals surface area contributed by atoms with Crippen molar-refractivity contribution in [3.63, 3.8) is 0 Å². The van der Waals surface area contributed by atoms with E-state index in [-0.39, 0.29) is 51.5 Å². The number of nitrogens with one attached hydrogen (secondary N) is 1. The lowest BCUT2D eigenvalue weighted by Gasteiger charge is -2.72. The Bertz CT molecular complexity index is 1710. The van der Waals surface area contributed by atoms with E-state index in [9.17, 15) is 14.4 Å². The number of nitrogens with zero attached hydrogens (tertiary/aromatic N) is 1. The summed E-state index contributed by atoms with van der Waals surface area (Å²) >= 11 is 6.39. The van der Waals surface area contributed by atoms with Gasteiger partial charge in [-0.15, -0.1) is 0 Å². The molecule has 8 atom stereocenters. The van der Waals surface area contributed by atoms with Gasteiger partial charge in [-0.25, -0.2) is 0 Å². The third-order valence-electron chi connectivity index (χ3n) is 16.8. The Morgan fingerprint density at radius 3 is 2.33 bits per heavy atom.